The Balaban J connectivity index is 1.86. The van der Waals surface area contributed by atoms with Crippen LogP contribution < -0.4 is 5.32 Å². The van der Waals surface area contributed by atoms with E-state index < -0.39 is 12.0 Å². The van der Waals surface area contributed by atoms with Crippen LogP contribution in [0.5, 0.6) is 0 Å². The van der Waals surface area contributed by atoms with E-state index in [4.69, 9.17) is 0 Å². The fourth-order valence-corrected chi connectivity index (χ4v) is 2.65. The lowest BCUT2D eigenvalue weighted by atomic mass is 9.91. The zero-order chi connectivity index (χ0) is 13.1. The zero-order valence-electron chi connectivity index (χ0n) is 10.9. The average molecular weight is 254 g/mol. The van der Waals surface area contributed by atoms with Gasteiger partial charge in [0.15, 0.2) is 0 Å². The number of amides is 1. The van der Waals surface area contributed by atoms with Gasteiger partial charge in [-0.2, -0.15) is 0 Å². The summed E-state index contributed by atoms with van der Waals surface area (Å²) in [6.45, 7) is 3.64. The molecule has 0 aromatic rings. The van der Waals surface area contributed by atoms with E-state index in [1.54, 1.807) is 0 Å². The van der Waals surface area contributed by atoms with Crippen molar-refractivity contribution in [3.8, 4) is 0 Å². The van der Waals surface area contributed by atoms with Gasteiger partial charge < -0.3 is 15.3 Å². The fraction of sp³-hybridized carbons (Fsp3) is 0.846. The highest BCUT2D eigenvalue weighted by Gasteiger charge is 2.36. The number of likely N-dealkylation sites (tertiary alicyclic amines) is 1. The molecule has 5 nitrogen and oxygen atoms in total. The van der Waals surface area contributed by atoms with Gasteiger partial charge in [0.1, 0.15) is 6.04 Å². The Hall–Kier alpha value is -1.10. The smallest absolute Gasteiger partial charge is 0.326 e. The number of rotatable bonds is 5. The van der Waals surface area contributed by atoms with Crippen LogP contribution in [0.4, 0.5) is 0 Å². The number of aliphatic carboxylic acids is 1. The molecular formula is C13H22N2O3. The number of piperidine rings is 1. The molecule has 1 saturated heterocycles. The molecule has 2 fully saturated rings. The third kappa shape index (κ3) is 3.22. The van der Waals surface area contributed by atoms with Crippen LogP contribution in [0.1, 0.15) is 32.6 Å². The summed E-state index contributed by atoms with van der Waals surface area (Å²) in [4.78, 5) is 24.9. The summed E-state index contributed by atoms with van der Waals surface area (Å²) in [6.07, 6.45) is 4.29. The molecule has 5 heteroatoms. The summed E-state index contributed by atoms with van der Waals surface area (Å²) in [5, 5.41) is 12.4. The Morgan fingerprint density at radius 2 is 2.06 bits per heavy atom. The maximum absolute atomic E-state index is 12.1. The minimum atomic E-state index is -0.877. The van der Waals surface area contributed by atoms with Gasteiger partial charge in [0.25, 0.3) is 0 Å². The lowest BCUT2D eigenvalue weighted by Gasteiger charge is -2.37. The van der Waals surface area contributed by atoms with Gasteiger partial charge in [-0.25, -0.2) is 4.79 Å². The lowest BCUT2D eigenvalue weighted by molar-refractivity contribution is -0.154. The lowest BCUT2D eigenvalue weighted by Crippen LogP contribution is -2.54. The summed E-state index contributed by atoms with van der Waals surface area (Å²) in [5.41, 5.74) is 0. The number of carbonyl (C=O) groups excluding carboxylic acids is 1. The summed E-state index contributed by atoms with van der Waals surface area (Å²) in [6, 6.07) is -0.644. The van der Waals surface area contributed by atoms with Gasteiger partial charge in [-0.05, 0) is 44.1 Å². The van der Waals surface area contributed by atoms with Crippen molar-refractivity contribution in [1.29, 1.82) is 0 Å². The quantitative estimate of drug-likeness (QED) is 0.757. The molecule has 0 aromatic carbocycles. The molecule has 2 rings (SSSR count). The predicted octanol–water partition coefficient (Wildman–Crippen LogP) is 0.698. The maximum atomic E-state index is 12.1. The van der Waals surface area contributed by atoms with E-state index in [0.29, 0.717) is 6.54 Å². The second kappa shape index (κ2) is 5.69. The first kappa shape index (κ1) is 13.3. The molecule has 1 heterocycles. The van der Waals surface area contributed by atoms with Crippen LogP contribution >= 0.6 is 0 Å². The molecule has 2 aliphatic rings. The summed E-state index contributed by atoms with van der Waals surface area (Å²) in [7, 11) is 0. The van der Waals surface area contributed by atoms with E-state index in [1.807, 2.05) is 6.92 Å². The molecule has 1 aliphatic carbocycles. The van der Waals surface area contributed by atoms with E-state index in [9.17, 15) is 14.7 Å². The first-order valence-electron chi connectivity index (χ1n) is 6.82. The average Bonchev–Trinajstić information content (AvgIpc) is 3.12. The zero-order valence-corrected chi connectivity index (χ0v) is 10.9. The van der Waals surface area contributed by atoms with Crippen molar-refractivity contribution >= 4 is 11.9 Å². The number of hydrogen-bond donors (Lipinski definition) is 2. The number of carboxylic acids is 1. The van der Waals surface area contributed by atoms with Crippen molar-refractivity contribution in [2.75, 3.05) is 19.6 Å². The molecule has 102 valence electrons. The van der Waals surface area contributed by atoms with E-state index in [2.05, 4.69) is 5.32 Å². The van der Waals surface area contributed by atoms with Crippen LogP contribution in [-0.2, 0) is 9.59 Å². The fourth-order valence-electron chi connectivity index (χ4n) is 2.65. The second-order valence-electron chi connectivity index (χ2n) is 5.56. The molecule has 0 spiro atoms. The van der Waals surface area contributed by atoms with Crippen LogP contribution in [0.25, 0.3) is 0 Å². The van der Waals surface area contributed by atoms with Crippen molar-refractivity contribution in [3.05, 3.63) is 0 Å². The molecule has 2 atom stereocenters. The van der Waals surface area contributed by atoms with E-state index in [-0.39, 0.29) is 18.4 Å². The summed E-state index contributed by atoms with van der Waals surface area (Å²) in [5.74, 6) is -0.177. The molecule has 0 bridgehead atoms. The SMILES string of the molecule is CC1CCCN(C(=O)CNCC2CC2)C1C(=O)O. The van der Waals surface area contributed by atoms with Gasteiger partial charge in [0.05, 0.1) is 6.54 Å². The van der Waals surface area contributed by atoms with Gasteiger partial charge >= 0.3 is 5.97 Å². The first-order chi connectivity index (χ1) is 8.59. The Kier molecular flexibility index (Phi) is 4.22. The van der Waals surface area contributed by atoms with Gasteiger partial charge in [0, 0.05) is 6.54 Å². The van der Waals surface area contributed by atoms with Crippen LogP contribution in [0.3, 0.4) is 0 Å². The van der Waals surface area contributed by atoms with Crippen molar-refractivity contribution in [2.24, 2.45) is 11.8 Å². The summed E-state index contributed by atoms with van der Waals surface area (Å²) >= 11 is 0. The molecule has 1 amide bonds. The normalized spacial score (nSPS) is 28.2. The van der Waals surface area contributed by atoms with Crippen molar-refractivity contribution < 1.29 is 14.7 Å². The van der Waals surface area contributed by atoms with E-state index >= 15 is 0 Å². The number of nitrogens with zero attached hydrogens (tertiary/aromatic N) is 1. The number of hydrogen-bond acceptors (Lipinski definition) is 3. The van der Waals surface area contributed by atoms with Gasteiger partial charge in [0.2, 0.25) is 5.91 Å². The van der Waals surface area contributed by atoms with Gasteiger partial charge in [-0.1, -0.05) is 6.92 Å². The number of carboxylic acid groups (broad SMARTS) is 1. The van der Waals surface area contributed by atoms with E-state index in [0.717, 1.165) is 25.3 Å². The predicted molar refractivity (Wildman–Crippen MR) is 67.1 cm³/mol. The third-order valence-electron chi connectivity index (χ3n) is 3.91. The first-order valence-corrected chi connectivity index (χ1v) is 6.82. The molecule has 2 N–H and O–H groups in total. The molecular weight excluding hydrogens is 232 g/mol. The minimum Gasteiger partial charge on any atom is -0.480 e. The van der Waals surface area contributed by atoms with E-state index in [1.165, 1.54) is 17.7 Å². The second-order valence-corrected chi connectivity index (χ2v) is 5.56. The topological polar surface area (TPSA) is 69.6 Å². The van der Waals surface area contributed by atoms with Crippen molar-refractivity contribution in [2.45, 2.75) is 38.6 Å². The molecule has 0 radical (unpaired) electrons. The van der Waals surface area contributed by atoms with Crippen molar-refractivity contribution in [1.82, 2.24) is 10.2 Å². The largest absolute Gasteiger partial charge is 0.480 e. The highest BCUT2D eigenvalue weighted by Crippen LogP contribution is 2.27. The molecule has 1 saturated carbocycles. The van der Waals surface area contributed by atoms with Gasteiger partial charge in [-0.15, -0.1) is 0 Å². The molecule has 0 aromatic heterocycles. The monoisotopic (exact) mass is 254 g/mol. The van der Waals surface area contributed by atoms with Crippen LogP contribution in [0, 0.1) is 11.8 Å². The Labute approximate surface area is 108 Å². The highest BCUT2D eigenvalue weighted by molar-refractivity contribution is 5.85. The molecule has 18 heavy (non-hydrogen) atoms. The number of nitrogens with one attached hydrogen (secondary N) is 1. The van der Waals surface area contributed by atoms with Gasteiger partial charge in [-0.3, -0.25) is 4.79 Å². The van der Waals surface area contributed by atoms with Crippen LogP contribution in [0.15, 0.2) is 0 Å². The third-order valence-corrected chi connectivity index (χ3v) is 3.91. The summed E-state index contributed by atoms with van der Waals surface area (Å²) < 4.78 is 0. The Morgan fingerprint density at radius 3 is 2.67 bits per heavy atom. The highest BCUT2D eigenvalue weighted by atomic mass is 16.4. The molecule has 2 unspecified atom stereocenters. The Morgan fingerprint density at radius 1 is 1.33 bits per heavy atom. The van der Waals surface area contributed by atoms with Crippen LogP contribution in [0.2, 0.25) is 0 Å². The van der Waals surface area contributed by atoms with Crippen molar-refractivity contribution in [3.63, 3.8) is 0 Å². The Bertz CT molecular complexity index is 328. The molecule has 1 aliphatic heterocycles. The maximum Gasteiger partial charge on any atom is 0.326 e. The van der Waals surface area contributed by atoms with Crippen LogP contribution in [-0.4, -0.2) is 47.6 Å². The standard InChI is InChI=1S/C13H22N2O3/c1-9-3-2-6-15(12(9)13(17)18)11(16)8-14-7-10-4-5-10/h9-10,12,14H,2-8H2,1H3,(H,17,18). The minimum absolute atomic E-state index is 0.0450. The number of carbonyl (C=O) groups is 2.